The lowest BCUT2D eigenvalue weighted by molar-refractivity contribution is -0.188. The molecule has 0 radical (unpaired) electrons. The first-order valence-electron chi connectivity index (χ1n) is 14.4. The van der Waals surface area contributed by atoms with E-state index >= 15 is 0 Å². The maximum absolute atomic E-state index is 12.5. The summed E-state index contributed by atoms with van der Waals surface area (Å²) in [6.07, 6.45) is 23.1. The second kappa shape index (κ2) is 16.5. The molecule has 1 rings (SSSR count). The zero-order chi connectivity index (χ0) is 24.6. The van der Waals surface area contributed by atoms with Gasteiger partial charge in [-0.25, -0.2) is 0 Å². The van der Waals surface area contributed by atoms with E-state index in [1.54, 1.807) is 0 Å². The van der Waals surface area contributed by atoms with E-state index in [-0.39, 0.29) is 5.92 Å². The summed E-state index contributed by atoms with van der Waals surface area (Å²) >= 11 is 0. The molecule has 0 spiro atoms. The number of unbranched alkanes of at least 4 members (excludes halogenated alkanes) is 14. The first-order chi connectivity index (χ1) is 15.9. The molecule has 4 heteroatoms. The van der Waals surface area contributed by atoms with Crippen LogP contribution in [0.5, 0.6) is 0 Å². The molecular formula is C29H54O4. The van der Waals surface area contributed by atoms with E-state index in [0.29, 0.717) is 25.7 Å². The Bertz CT molecular complexity index is 546. The smallest absolute Gasteiger partial charge is 0.311 e. The second-order valence-corrected chi connectivity index (χ2v) is 10.9. The summed E-state index contributed by atoms with van der Waals surface area (Å²) < 4.78 is 0. The van der Waals surface area contributed by atoms with E-state index < -0.39 is 22.8 Å². The SMILES string of the molecule is CCCCCCCCCCCCCCCCCC1(C(=O)O)CCCCC1(C(=O)O)C(C)CC. The Morgan fingerprint density at radius 2 is 1.09 bits per heavy atom. The van der Waals surface area contributed by atoms with Crippen LogP contribution in [0.2, 0.25) is 0 Å². The highest BCUT2D eigenvalue weighted by molar-refractivity contribution is 5.87. The van der Waals surface area contributed by atoms with Gasteiger partial charge in [0, 0.05) is 0 Å². The highest BCUT2D eigenvalue weighted by Crippen LogP contribution is 2.58. The maximum atomic E-state index is 12.5. The average Bonchev–Trinajstić information content (AvgIpc) is 2.80. The van der Waals surface area contributed by atoms with Gasteiger partial charge in [-0.05, 0) is 25.2 Å². The van der Waals surface area contributed by atoms with Crippen molar-refractivity contribution < 1.29 is 19.8 Å². The molecule has 0 aromatic carbocycles. The van der Waals surface area contributed by atoms with Gasteiger partial charge in [-0.2, -0.15) is 0 Å². The largest absolute Gasteiger partial charge is 0.481 e. The van der Waals surface area contributed by atoms with Gasteiger partial charge in [0.1, 0.15) is 0 Å². The number of hydrogen-bond acceptors (Lipinski definition) is 2. The first kappa shape index (κ1) is 30.0. The molecule has 0 amide bonds. The van der Waals surface area contributed by atoms with Gasteiger partial charge in [0.05, 0.1) is 10.8 Å². The highest BCUT2D eigenvalue weighted by Gasteiger charge is 2.63. The van der Waals surface area contributed by atoms with E-state index in [0.717, 1.165) is 32.1 Å². The lowest BCUT2D eigenvalue weighted by atomic mass is 9.49. The van der Waals surface area contributed by atoms with Crippen molar-refractivity contribution in [3.05, 3.63) is 0 Å². The van der Waals surface area contributed by atoms with Crippen molar-refractivity contribution >= 4 is 11.9 Å². The van der Waals surface area contributed by atoms with Crippen molar-refractivity contribution in [1.29, 1.82) is 0 Å². The van der Waals surface area contributed by atoms with Gasteiger partial charge in [-0.15, -0.1) is 0 Å². The lowest BCUT2D eigenvalue weighted by Crippen LogP contribution is -2.57. The molecule has 1 fully saturated rings. The van der Waals surface area contributed by atoms with E-state index in [4.69, 9.17) is 0 Å². The zero-order valence-electron chi connectivity index (χ0n) is 22.1. The van der Waals surface area contributed by atoms with Crippen LogP contribution in [0.25, 0.3) is 0 Å². The summed E-state index contributed by atoms with van der Waals surface area (Å²) in [4.78, 5) is 25.0. The number of carboxylic acids is 2. The molecule has 33 heavy (non-hydrogen) atoms. The number of carbonyl (C=O) groups is 2. The Morgan fingerprint density at radius 1 is 0.667 bits per heavy atom. The average molecular weight is 467 g/mol. The molecule has 1 saturated carbocycles. The summed E-state index contributed by atoms with van der Waals surface area (Å²) in [5.74, 6) is -1.89. The Balaban J connectivity index is 2.32. The maximum Gasteiger partial charge on any atom is 0.311 e. The molecule has 4 nitrogen and oxygen atoms in total. The minimum Gasteiger partial charge on any atom is -0.481 e. The summed E-state index contributed by atoms with van der Waals surface area (Å²) in [7, 11) is 0. The molecular weight excluding hydrogens is 412 g/mol. The van der Waals surface area contributed by atoms with Crippen LogP contribution in [-0.2, 0) is 9.59 Å². The predicted molar refractivity (Wildman–Crippen MR) is 138 cm³/mol. The monoisotopic (exact) mass is 466 g/mol. The highest BCUT2D eigenvalue weighted by atomic mass is 16.4. The van der Waals surface area contributed by atoms with Gasteiger partial charge in [0.25, 0.3) is 0 Å². The summed E-state index contributed by atoms with van der Waals surface area (Å²) in [5, 5.41) is 20.5. The molecule has 0 heterocycles. The van der Waals surface area contributed by atoms with Crippen LogP contribution < -0.4 is 0 Å². The minimum absolute atomic E-state index is 0.122. The molecule has 0 bridgehead atoms. The quantitative estimate of drug-likeness (QED) is 0.175. The summed E-state index contributed by atoms with van der Waals surface area (Å²) in [5.41, 5.74) is -2.23. The second-order valence-electron chi connectivity index (χ2n) is 10.9. The molecule has 0 saturated heterocycles. The fourth-order valence-electron chi connectivity index (χ4n) is 6.43. The summed E-state index contributed by atoms with van der Waals surface area (Å²) in [6.45, 7) is 6.20. The third-order valence-electron chi connectivity index (χ3n) is 8.73. The van der Waals surface area contributed by atoms with Gasteiger partial charge in [0.15, 0.2) is 0 Å². The normalized spacial score (nSPS) is 24.0. The molecule has 3 atom stereocenters. The van der Waals surface area contributed by atoms with Crippen molar-refractivity contribution in [2.75, 3.05) is 0 Å². The number of carboxylic acid groups (broad SMARTS) is 2. The Hall–Kier alpha value is -1.06. The van der Waals surface area contributed by atoms with Crippen LogP contribution in [0.4, 0.5) is 0 Å². The summed E-state index contributed by atoms with van der Waals surface area (Å²) in [6, 6.07) is 0. The van der Waals surface area contributed by atoms with Gasteiger partial charge in [0.2, 0.25) is 0 Å². The van der Waals surface area contributed by atoms with Crippen LogP contribution in [0.1, 0.15) is 156 Å². The molecule has 3 unspecified atom stereocenters. The first-order valence-corrected chi connectivity index (χ1v) is 14.4. The zero-order valence-corrected chi connectivity index (χ0v) is 22.1. The third kappa shape index (κ3) is 8.58. The van der Waals surface area contributed by atoms with Crippen molar-refractivity contribution in [3.8, 4) is 0 Å². The fraction of sp³-hybridized carbons (Fsp3) is 0.931. The third-order valence-corrected chi connectivity index (χ3v) is 8.73. The molecule has 194 valence electrons. The Kier molecular flexibility index (Phi) is 15.0. The van der Waals surface area contributed by atoms with Crippen LogP contribution in [0, 0.1) is 16.7 Å². The lowest BCUT2D eigenvalue weighted by Gasteiger charge is -2.51. The van der Waals surface area contributed by atoms with E-state index in [1.807, 2.05) is 13.8 Å². The number of aliphatic carboxylic acids is 2. The molecule has 0 aliphatic heterocycles. The molecule has 0 aromatic heterocycles. The van der Waals surface area contributed by atoms with E-state index in [1.165, 1.54) is 77.0 Å². The Labute approximate surface area is 204 Å². The Morgan fingerprint density at radius 3 is 1.48 bits per heavy atom. The van der Waals surface area contributed by atoms with Crippen LogP contribution in [0.15, 0.2) is 0 Å². The minimum atomic E-state index is -1.12. The number of rotatable bonds is 20. The standard InChI is InChI=1S/C29H54O4/c1-4-6-7-8-9-10-11-12-13-14-15-16-17-18-19-22-28(26(30)31)23-20-21-24-29(28,27(32)33)25(3)5-2/h25H,4-24H2,1-3H3,(H,30,31)(H,32,33). The van der Waals surface area contributed by atoms with E-state index in [2.05, 4.69) is 6.92 Å². The van der Waals surface area contributed by atoms with Crippen LogP contribution in [-0.4, -0.2) is 22.2 Å². The van der Waals surface area contributed by atoms with Crippen molar-refractivity contribution in [2.45, 2.75) is 156 Å². The van der Waals surface area contributed by atoms with Gasteiger partial charge >= 0.3 is 11.9 Å². The van der Waals surface area contributed by atoms with Crippen molar-refractivity contribution in [2.24, 2.45) is 16.7 Å². The van der Waals surface area contributed by atoms with Crippen molar-refractivity contribution in [3.63, 3.8) is 0 Å². The van der Waals surface area contributed by atoms with Gasteiger partial charge < -0.3 is 10.2 Å². The fourth-order valence-corrected chi connectivity index (χ4v) is 6.43. The topological polar surface area (TPSA) is 74.6 Å². The van der Waals surface area contributed by atoms with Crippen molar-refractivity contribution in [1.82, 2.24) is 0 Å². The molecule has 2 N–H and O–H groups in total. The van der Waals surface area contributed by atoms with E-state index in [9.17, 15) is 19.8 Å². The predicted octanol–water partition coefficient (Wildman–Crippen LogP) is 9.01. The van der Waals surface area contributed by atoms with Gasteiger partial charge in [-0.3, -0.25) is 9.59 Å². The molecule has 0 aromatic rings. The number of hydrogen-bond donors (Lipinski definition) is 2. The van der Waals surface area contributed by atoms with Crippen LogP contribution >= 0.6 is 0 Å². The van der Waals surface area contributed by atoms with Gasteiger partial charge in [-0.1, -0.05) is 136 Å². The van der Waals surface area contributed by atoms with Crippen LogP contribution in [0.3, 0.4) is 0 Å². The molecule has 1 aliphatic rings. The molecule has 1 aliphatic carbocycles.